The third kappa shape index (κ3) is 4.64. The van der Waals surface area contributed by atoms with Crippen molar-refractivity contribution in [1.29, 1.82) is 0 Å². The molecule has 3 aromatic rings. The van der Waals surface area contributed by atoms with E-state index in [-0.39, 0.29) is 17.6 Å². The highest BCUT2D eigenvalue weighted by Gasteiger charge is 2.25. The van der Waals surface area contributed by atoms with Gasteiger partial charge in [-0.05, 0) is 41.3 Å². The van der Waals surface area contributed by atoms with Crippen LogP contribution in [0.25, 0.3) is 11.1 Å². The Morgan fingerprint density at radius 1 is 0.852 bits per heavy atom. The third-order valence-corrected chi connectivity index (χ3v) is 4.24. The average molecular weight is 362 g/mol. The lowest BCUT2D eigenvalue weighted by atomic mass is 10.0. The molecule has 5 nitrogen and oxygen atoms in total. The van der Waals surface area contributed by atoms with E-state index >= 15 is 0 Å². The summed E-state index contributed by atoms with van der Waals surface area (Å²) in [6.07, 6.45) is 1.42. The zero-order valence-corrected chi connectivity index (χ0v) is 15.3. The average Bonchev–Trinajstić information content (AvgIpc) is 3.22. The van der Waals surface area contributed by atoms with Gasteiger partial charge in [0.25, 0.3) is 5.91 Å². The third-order valence-electron chi connectivity index (χ3n) is 4.24. The number of anilines is 1. The van der Waals surface area contributed by atoms with Crippen LogP contribution < -0.4 is 10.6 Å². The van der Waals surface area contributed by atoms with E-state index in [0.29, 0.717) is 5.69 Å². The van der Waals surface area contributed by atoms with Crippen LogP contribution in [0.3, 0.4) is 0 Å². The van der Waals surface area contributed by atoms with Gasteiger partial charge in [-0.25, -0.2) is 0 Å². The van der Waals surface area contributed by atoms with E-state index in [1.54, 1.807) is 12.1 Å². The summed E-state index contributed by atoms with van der Waals surface area (Å²) in [6.45, 7) is 3.76. The zero-order chi connectivity index (χ0) is 19.2. The van der Waals surface area contributed by atoms with E-state index < -0.39 is 11.9 Å². The lowest BCUT2D eigenvalue weighted by molar-refractivity contribution is -0.118. The molecule has 5 heteroatoms. The van der Waals surface area contributed by atoms with E-state index in [0.717, 1.165) is 11.1 Å². The van der Waals surface area contributed by atoms with Gasteiger partial charge in [0, 0.05) is 5.69 Å². The maximum absolute atomic E-state index is 12.7. The standard InChI is InChI=1S/C22H22N2O3/c1-15(2)20(24-21(25)19-9-6-14-27-19)22(26)23-18-12-10-17(11-13-18)16-7-4-3-5-8-16/h3-15,20H,1-2H3,(H,23,26)(H,24,25)/t20-/m0/s1. The number of benzene rings is 2. The van der Waals surface area contributed by atoms with Gasteiger partial charge in [0.2, 0.25) is 5.91 Å². The highest BCUT2D eigenvalue weighted by Crippen LogP contribution is 2.21. The van der Waals surface area contributed by atoms with Gasteiger partial charge >= 0.3 is 0 Å². The summed E-state index contributed by atoms with van der Waals surface area (Å²) in [5, 5.41) is 5.60. The number of carbonyl (C=O) groups excluding carboxylic acids is 2. The Morgan fingerprint density at radius 2 is 1.52 bits per heavy atom. The molecule has 0 unspecified atom stereocenters. The minimum absolute atomic E-state index is 0.0764. The second-order valence-electron chi connectivity index (χ2n) is 6.61. The molecule has 1 atom stereocenters. The molecule has 0 aliphatic heterocycles. The molecule has 0 bridgehead atoms. The second-order valence-corrected chi connectivity index (χ2v) is 6.61. The molecule has 0 spiro atoms. The topological polar surface area (TPSA) is 71.3 Å². The molecule has 2 amide bonds. The van der Waals surface area contributed by atoms with Crippen LogP contribution in [0.15, 0.2) is 77.4 Å². The lowest BCUT2D eigenvalue weighted by Gasteiger charge is -2.21. The van der Waals surface area contributed by atoms with Crippen molar-refractivity contribution >= 4 is 17.5 Å². The fourth-order valence-corrected chi connectivity index (χ4v) is 2.75. The van der Waals surface area contributed by atoms with Crippen LogP contribution in [0.1, 0.15) is 24.4 Å². The highest BCUT2D eigenvalue weighted by atomic mass is 16.3. The van der Waals surface area contributed by atoms with Crippen molar-refractivity contribution in [3.8, 4) is 11.1 Å². The maximum atomic E-state index is 12.7. The van der Waals surface area contributed by atoms with Crippen molar-refractivity contribution in [1.82, 2.24) is 5.32 Å². The predicted molar refractivity (Wildman–Crippen MR) is 105 cm³/mol. The van der Waals surface area contributed by atoms with Crippen molar-refractivity contribution < 1.29 is 14.0 Å². The smallest absolute Gasteiger partial charge is 0.287 e. The molecule has 0 saturated heterocycles. The summed E-state index contributed by atoms with van der Waals surface area (Å²) < 4.78 is 5.09. The predicted octanol–water partition coefficient (Wildman–Crippen LogP) is 4.34. The number of rotatable bonds is 6. The number of hydrogen-bond acceptors (Lipinski definition) is 3. The van der Waals surface area contributed by atoms with Crippen LogP contribution in [0.2, 0.25) is 0 Å². The summed E-state index contributed by atoms with van der Waals surface area (Å²) in [5.41, 5.74) is 2.86. The van der Waals surface area contributed by atoms with E-state index in [4.69, 9.17) is 4.42 Å². The maximum Gasteiger partial charge on any atom is 0.287 e. The Morgan fingerprint density at radius 3 is 2.11 bits per heavy atom. The molecular formula is C22H22N2O3. The second kappa shape index (κ2) is 8.36. The van der Waals surface area contributed by atoms with E-state index in [1.165, 1.54) is 6.26 Å². The van der Waals surface area contributed by atoms with Gasteiger partial charge in [-0.3, -0.25) is 9.59 Å². The first-order valence-corrected chi connectivity index (χ1v) is 8.85. The van der Waals surface area contributed by atoms with Gasteiger partial charge in [-0.15, -0.1) is 0 Å². The van der Waals surface area contributed by atoms with Crippen molar-refractivity contribution in [2.75, 3.05) is 5.32 Å². The minimum atomic E-state index is -0.670. The molecule has 1 heterocycles. The van der Waals surface area contributed by atoms with Crippen LogP contribution in [0, 0.1) is 5.92 Å². The largest absolute Gasteiger partial charge is 0.459 e. The fraction of sp³-hybridized carbons (Fsp3) is 0.182. The van der Waals surface area contributed by atoms with Gasteiger partial charge in [-0.1, -0.05) is 56.3 Å². The number of carbonyl (C=O) groups is 2. The van der Waals surface area contributed by atoms with E-state index in [1.807, 2.05) is 68.4 Å². The van der Waals surface area contributed by atoms with Gasteiger partial charge in [0.15, 0.2) is 5.76 Å². The summed E-state index contributed by atoms with van der Waals surface area (Å²) in [7, 11) is 0. The van der Waals surface area contributed by atoms with Crippen LogP contribution >= 0.6 is 0 Å². The quantitative estimate of drug-likeness (QED) is 0.685. The van der Waals surface area contributed by atoms with Crippen LogP contribution in [0.4, 0.5) is 5.69 Å². The number of nitrogens with one attached hydrogen (secondary N) is 2. The first-order chi connectivity index (χ1) is 13.0. The molecule has 0 aliphatic carbocycles. The number of amides is 2. The summed E-state index contributed by atoms with van der Waals surface area (Å²) in [6, 6.07) is 20.2. The van der Waals surface area contributed by atoms with Gasteiger partial charge in [-0.2, -0.15) is 0 Å². The molecule has 138 valence electrons. The fourth-order valence-electron chi connectivity index (χ4n) is 2.75. The van der Waals surface area contributed by atoms with Crippen LogP contribution in [-0.2, 0) is 4.79 Å². The SMILES string of the molecule is CC(C)[C@H](NC(=O)c1ccco1)C(=O)Nc1ccc(-c2ccccc2)cc1. The lowest BCUT2D eigenvalue weighted by Crippen LogP contribution is -2.47. The van der Waals surface area contributed by atoms with Crippen molar-refractivity contribution in [2.24, 2.45) is 5.92 Å². The molecule has 27 heavy (non-hydrogen) atoms. The van der Waals surface area contributed by atoms with Gasteiger partial charge in [0.1, 0.15) is 6.04 Å². The molecule has 0 radical (unpaired) electrons. The Hall–Kier alpha value is -3.34. The molecule has 0 aliphatic rings. The Balaban J connectivity index is 1.67. The summed E-state index contributed by atoms with van der Waals surface area (Å²) in [4.78, 5) is 24.9. The minimum Gasteiger partial charge on any atom is -0.459 e. The van der Waals surface area contributed by atoms with E-state index in [9.17, 15) is 9.59 Å². The highest BCUT2D eigenvalue weighted by molar-refractivity contribution is 6.00. The first-order valence-electron chi connectivity index (χ1n) is 8.85. The monoisotopic (exact) mass is 362 g/mol. The zero-order valence-electron chi connectivity index (χ0n) is 15.3. The van der Waals surface area contributed by atoms with Crippen molar-refractivity contribution in [3.63, 3.8) is 0 Å². The van der Waals surface area contributed by atoms with Crippen LogP contribution in [-0.4, -0.2) is 17.9 Å². The Bertz CT molecular complexity index is 885. The molecule has 1 aromatic heterocycles. The van der Waals surface area contributed by atoms with E-state index in [2.05, 4.69) is 10.6 Å². The van der Waals surface area contributed by atoms with Crippen molar-refractivity contribution in [2.45, 2.75) is 19.9 Å². The van der Waals surface area contributed by atoms with Crippen LogP contribution in [0.5, 0.6) is 0 Å². The normalized spacial score (nSPS) is 11.8. The van der Waals surface area contributed by atoms with Gasteiger partial charge < -0.3 is 15.1 Å². The summed E-state index contributed by atoms with van der Waals surface area (Å²) in [5.74, 6) is -0.571. The molecule has 2 aromatic carbocycles. The van der Waals surface area contributed by atoms with Gasteiger partial charge in [0.05, 0.1) is 6.26 Å². The number of furan rings is 1. The summed E-state index contributed by atoms with van der Waals surface area (Å²) >= 11 is 0. The Labute approximate surface area is 158 Å². The molecule has 2 N–H and O–H groups in total. The molecule has 3 rings (SSSR count). The Kier molecular flexibility index (Phi) is 5.71. The molecular weight excluding hydrogens is 340 g/mol. The molecule has 0 saturated carbocycles. The number of hydrogen-bond donors (Lipinski definition) is 2. The first kappa shape index (κ1) is 18.5. The van der Waals surface area contributed by atoms with Crippen molar-refractivity contribution in [3.05, 3.63) is 78.8 Å². The molecule has 0 fully saturated rings.